The van der Waals surface area contributed by atoms with Crippen LogP contribution in [0, 0.1) is 0 Å². The lowest BCUT2D eigenvalue weighted by Crippen LogP contribution is -2.65. The molecule has 2 aliphatic rings. The number of unbranched alkanes of at least 4 members (excludes halogenated alkanes) is 14. The van der Waals surface area contributed by atoms with Gasteiger partial charge in [-0.05, 0) is 12.0 Å². The van der Waals surface area contributed by atoms with E-state index in [1.165, 1.54) is 76.7 Å². The molecule has 0 unspecified atom stereocenters. The van der Waals surface area contributed by atoms with Gasteiger partial charge in [-0.2, -0.15) is 0 Å². The number of rotatable bonds is 27. The maximum absolute atomic E-state index is 13.0. The average Bonchev–Trinajstić information content (AvgIpc) is 3.19. The molecule has 1 amide bonds. The van der Waals surface area contributed by atoms with Crippen LogP contribution in [-0.2, 0) is 23.7 Å². The van der Waals surface area contributed by atoms with Crippen LogP contribution in [0.25, 0.3) is 6.08 Å². The van der Waals surface area contributed by atoms with Crippen molar-refractivity contribution in [2.24, 2.45) is 0 Å². The van der Waals surface area contributed by atoms with E-state index >= 15 is 0 Å². The summed E-state index contributed by atoms with van der Waals surface area (Å²) in [4.78, 5) is 13.0. The number of benzene rings is 1. The lowest BCUT2D eigenvalue weighted by molar-refractivity contribution is -0.359. The SMILES string of the molecule is CCCCCCCCCCCCCCCCCC(=O)N[C@@H](CO[C@@H]1O[C@H](CO)[C@@H](O[C@@H]2O[C@H](CO)[C@H](O)[C@H](O)[C@H]2O)[C@H](O)[C@H]1O)[C@H](O)/C=C/c1ccccc1. The lowest BCUT2D eigenvalue weighted by atomic mass is 9.97. The molecule has 2 saturated heterocycles. The molecular weight excluding hydrogens is 714 g/mol. The van der Waals surface area contributed by atoms with E-state index in [4.69, 9.17) is 18.9 Å². The Morgan fingerprint density at radius 1 is 0.709 bits per heavy atom. The van der Waals surface area contributed by atoms with Gasteiger partial charge in [0, 0.05) is 6.42 Å². The smallest absolute Gasteiger partial charge is 0.220 e. The summed E-state index contributed by atoms with van der Waals surface area (Å²) in [7, 11) is 0. The first-order chi connectivity index (χ1) is 26.6. The van der Waals surface area contributed by atoms with Crippen molar-refractivity contribution in [3.63, 3.8) is 0 Å². The second-order valence-electron chi connectivity index (χ2n) is 15.0. The number of carbonyl (C=O) groups excluding carboxylic acids is 1. The zero-order chi connectivity index (χ0) is 40.0. The largest absolute Gasteiger partial charge is 0.394 e. The second-order valence-corrected chi connectivity index (χ2v) is 15.0. The third-order valence-corrected chi connectivity index (χ3v) is 10.5. The van der Waals surface area contributed by atoms with Crippen LogP contribution in [0.5, 0.6) is 0 Å². The summed E-state index contributed by atoms with van der Waals surface area (Å²) in [6.07, 6.45) is 4.49. The Balaban J connectivity index is 1.47. The molecule has 0 radical (unpaired) electrons. The highest BCUT2D eigenvalue weighted by Crippen LogP contribution is 2.30. The van der Waals surface area contributed by atoms with Crippen molar-refractivity contribution < 1.29 is 64.6 Å². The fraction of sp³-hybridized carbons (Fsp3) is 0.780. The van der Waals surface area contributed by atoms with Crippen molar-refractivity contribution in [3.8, 4) is 0 Å². The van der Waals surface area contributed by atoms with Crippen LogP contribution >= 0.6 is 0 Å². The first-order valence-electron chi connectivity index (χ1n) is 20.5. The predicted molar refractivity (Wildman–Crippen MR) is 205 cm³/mol. The topological polar surface area (TPSA) is 228 Å². The van der Waals surface area contributed by atoms with E-state index in [-0.39, 0.29) is 18.9 Å². The first-order valence-corrected chi connectivity index (χ1v) is 20.5. The van der Waals surface area contributed by atoms with Gasteiger partial charge < -0.3 is 65.1 Å². The number of ether oxygens (including phenoxy) is 4. The van der Waals surface area contributed by atoms with Gasteiger partial charge in [-0.3, -0.25) is 4.79 Å². The number of hydrogen-bond acceptors (Lipinski definition) is 13. The molecule has 14 heteroatoms. The normalized spacial score (nSPS) is 29.7. The molecule has 0 spiro atoms. The Morgan fingerprint density at radius 3 is 1.80 bits per heavy atom. The minimum absolute atomic E-state index is 0.259. The molecule has 0 bridgehead atoms. The average molecular weight is 784 g/mol. The van der Waals surface area contributed by atoms with E-state index in [1.807, 2.05) is 30.3 Å². The van der Waals surface area contributed by atoms with Gasteiger partial charge in [0.15, 0.2) is 12.6 Å². The standard InChI is InChI=1S/C41H69NO13/c1-2-3-4-5-6-7-8-9-10-11-12-13-14-15-19-22-33(46)42-29(30(45)24-23-28-20-17-16-18-21-28)27-52-40-38(51)36(49)39(32(26-44)54-40)55-41-37(50)35(48)34(47)31(25-43)53-41/h16-18,20-21,23-24,29-32,34-41,43-45,47-51H,2-15,19,22,25-27H2,1H3,(H,42,46)/b24-23+/t29-,30+,31+,32+,34-,35-,36+,37+,38+,39+,40+,41-/m0/s1. The van der Waals surface area contributed by atoms with Crippen LogP contribution < -0.4 is 5.32 Å². The molecule has 0 aliphatic carbocycles. The number of aliphatic hydroxyl groups excluding tert-OH is 8. The van der Waals surface area contributed by atoms with Crippen LogP contribution in [0.15, 0.2) is 36.4 Å². The Labute approximate surface area is 326 Å². The molecule has 0 aromatic heterocycles. The van der Waals surface area contributed by atoms with Gasteiger partial charge in [-0.15, -0.1) is 0 Å². The minimum atomic E-state index is -1.79. The number of hydrogen-bond donors (Lipinski definition) is 9. The van der Waals surface area contributed by atoms with Gasteiger partial charge in [0.2, 0.25) is 5.91 Å². The van der Waals surface area contributed by atoms with E-state index in [2.05, 4.69) is 12.2 Å². The molecule has 12 atom stereocenters. The van der Waals surface area contributed by atoms with Gasteiger partial charge in [0.1, 0.15) is 48.8 Å². The van der Waals surface area contributed by atoms with Gasteiger partial charge in [-0.25, -0.2) is 0 Å². The highest BCUT2D eigenvalue weighted by molar-refractivity contribution is 5.76. The van der Waals surface area contributed by atoms with Crippen molar-refractivity contribution in [3.05, 3.63) is 42.0 Å². The predicted octanol–water partition coefficient (Wildman–Crippen LogP) is 2.45. The zero-order valence-electron chi connectivity index (χ0n) is 32.5. The van der Waals surface area contributed by atoms with E-state index in [0.29, 0.717) is 6.42 Å². The minimum Gasteiger partial charge on any atom is -0.394 e. The monoisotopic (exact) mass is 783 g/mol. The molecule has 0 saturated carbocycles. The molecule has 14 nitrogen and oxygen atoms in total. The number of amides is 1. The van der Waals surface area contributed by atoms with Gasteiger partial charge >= 0.3 is 0 Å². The molecule has 55 heavy (non-hydrogen) atoms. The second kappa shape index (κ2) is 26.8. The van der Waals surface area contributed by atoms with Crippen molar-refractivity contribution in [2.75, 3.05) is 19.8 Å². The van der Waals surface area contributed by atoms with Crippen LogP contribution in [0.3, 0.4) is 0 Å². The number of carbonyl (C=O) groups is 1. The number of aliphatic hydroxyl groups is 8. The quantitative estimate of drug-likeness (QED) is 0.0586. The Hall–Kier alpha value is -2.05. The summed E-state index contributed by atoms with van der Waals surface area (Å²) < 4.78 is 22.5. The van der Waals surface area contributed by atoms with Crippen LogP contribution in [-0.4, -0.2) is 140 Å². The molecule has 316 valence electrons. The van der Waals surface area contributed by atoms with E-state index in [1.54, 1.807) is 6.08 Å². The highest BCUT2D eigenvalue weighted by Gasteiger charge is 2.50. The maximum atomic E-state index is 13.0. The fourth-order valence-corrected chi connectivity index (χ4v) is 6.96. The van der Waals surface area contributed by atoms with Crippen molar-refractivity contribution in [1.82, 2.24) is 5.32 Å². The van der Waals surface area contributed by atoms with Gasteiger partial charge in [0.05, 0.1) is 32.0 Å². The lowest BCUT2D eigenvalue weighted by Gasteiger charge is -2.46. The summed E-state index contributed by atoms with van der Waals surface area (Å²) in [5.74, 6) is -0.276. The maximum Gasteiger partial charge on any atom is 0.220 e. The van der Waals surface area contributed by atoms with E-state index in [0.717, 1.165) is 24.8 Å². The first kappa shape index (κ1) is 47.3. The molecule has 2 heterocycles. The molecule has 3 rings (SSSR count). The van der Waals surface area contributed by atoms with Gasteiger partial charge in [0.25, 0.3) is 0 Å². The van der Waals surface area contributed by atoms with Crippen molar-refractivity contribution >= 4 is 12.0 Å². The van der Waals surface area contributed by atoms with Gasteiger partial charge in [-0.1, -0.05) is 139 Å². The highest BCUT2D eigenvalue weighted by atomic mass is 16.7. The summed E-state index contributed by atoms with van der Waals surface area (Å²) >= 11 is 0. The third kappa shape index (κ3) is 16.4. The molecule has 2 fully saturated rings. The van der Waals surface area contributed by atoms with Crippen molar-refractivity contribution in [2.45, 2.75) is 183 Å². The number of nitrogens with one attached hydrogen (secondary N) is 1. The van der Waals surface area contributed by atoms with E-state index in [9.17, 15) is 45.6 Å². The van der Waals surface area contributed by atoms with Crippen LogP contribution in [0.4, 0.5) is 0 Å². The Kier molecular flexibility index (Phi) is 23.1. The Morgan fingerprint density at radius 2 is 1.24 bits per heavy atom. The molecule has 2 aliphatic heterocycles. The van der Waals surface area contributed by atoms with Crippen molar-refractivity contribution in [1.29, 1.82) is 0 Å². The molecule has 1 aromatic carbocycles. The Bertz CT molecular complexity index is 1170. The summed E-state index contributed by atoms with van der Waals surface area (Å²) in [5, 5.41) is 86.0. The summed E-state index contributed by atoms with van der Waals surface area (Å²) in [6.45, 7) is 0.469. The van der Waals surface area contributed by atoms with Crippen LogP contribution in [0.2, 0.25) is 0 Å². The molecule has 1 aromatic rings. The van der Waals surface area contributed by atoms with E-state index < -0.39 is 86.8 Å². The zero-order valence-corrected chi connectivity index (χ0v) is 32.5. The molecule has 9 N–H and O–H groups in total. The summed E-state index contributed by atoms with van der Waals surface area (Å²) in [5.41, 5.74) is 0.829. The molecular formula is C41H69NO13. The fourth-order valence-electron chi connectivity index (χ4n) is 6.96. The third-order valence-electron chi connectivity index (χ3n) is 10.5. The van der Waals surface area contributed by atoms with Crippen LogP contribution in [0.1, 0.15) is 115 Å². The summed E-state index contributed by atoms with van der Waals surface area (Å²) in [6, 6.07) is 8.32.